The average molecular weight is 641 g/mol. The smallest absolute Gasteiger partial charge is 0.306 e. The number of methoxy groups -OCH3 is 1. The number of hydrogen-bond donors (Lipinski definition) is 2. The van der Waals surface area contributed by atoms with Crippen LogP contribution in [0.4, 0.5) is 10.1 Å². The van der Waals surface area contributed by atoms with Gasteiger partial charge in [0.05, 0.1) is 53.5 Å². The minimum absolute atomic E-state index is 0.0304. The lowest BCUT2D eigenvalue weighted by Crippen LogP contribution is -2.41. The van der Waals surface area contributed by atoms with Gasteiger partial charge in [-0.3, -0.25) is 14.4 Å². The molecule has 11 heteroatoms. The molecule has 0 unspecified atom stereocenters. The molecule has 1 aliphatic heterocycles. The Bertz CT molecular complexity index is 1560. The molecule has 2 atom stereocenters. The molecule has 0 radical (unpaired) electrons. The molecular weight excluding hydrogens is 603 g/mol. The van der Waals surface area contributed by atoms with Crippen molar-refractivity contribution in [2.24, 2.45) is 17.8 Å². The van der Waals surface area contributed by atoms with E-state index in [9.17, 15) is 19.5 Å². The van der Waals surface area contributed by atoms with Crippen LogP contribution in [0, 0.1) is 23.6 Å². The summed E-state index contributed by atoms with van der Waals surface area (Å²) in [5.74, 6) is -1.64. The van der Waals surface area contributed by atoms with E-state index in [2.05, 4.69) is 5.32 Å². The summed E-state index contributed by atoms with van der Waals surface area (Å²) in [5, 5.41) is 12.7. The molecule has 240 valence electrons. The Hall–Kier alpha value is -3.47. The Kier molecular flexibility index (Phi) is 9.44. The van der Waals surface area contributed by atoms with E-state index in [1.165, 1.54) is 12.3 Å². The topological polar surface area (TPSA) is 118 Å². The van der Waals surface area contributed by atoms with E-state index in [0.717, 1.165) is 25.3 Å². The monoisotopic (exact) mass is 640 g/mol. The van der Waals surface area contributed by atoms with Crippen LogP contribution < -0.4 is 5.32 Å². The Morgan fingerprint density at radius 1 is 1.07 bits per heavy atom. The lowest BCUT2D eigenvalue weighted by Gasteiger charge is -2.38. The van der Waals surface area contributed by atoms with Crippen molar-refractivity contribution in [3.63, 3.8) is 0 Å². The number of furan rings is 1. The van der Waals surface area contributed by atoms with Gasteiger partial charge in [-0.05, 0) is 80.5 Å². The quantitative estimate of drug-likeness (QED) is 0.266. The van der Waals surface area contributed by atoms with Crippen molar-refractivity contribution in [2.75, 3.05) is 25.6 Å². The Balaban J connectivity index is 1.11. The largest absolute Gasteiger partial charge is 0.481 e. The van der Waals surface area contributed by atoms with Crippen LogP contribution in [0.25, 0.3) is 11.0 Å². The van der Waals surface area contributed by atoms with Crippen molar-refractivity contribution in [2.45, 2.75) is 69.6 Å². The third-order valence-electron chi connectivity index (χ3n) is 9.90. The van der Waals surface area contributed by atoms with Gasteiger partial charge in [0.15, 0.2) is 0 Å². The predicted octanol–water partition coefficient (Wildman–Crippen LogP) is 6.32. The molecule has 3 fully saturated rings. The van der Waals surface area contributed by atoms with E-state index in [4.69, 9.17) is 25.5 Å². The van der Waals surface area contributed by atoms with Crippen LogP contribution in [0.15, 0.2) is 47.1 Å². The van der Waals surface area contributed by atoms with E-state index in [1.807, 2.05) is 4.90 Å². The van der Waals surface area contributed by atoms with Crippen molar-refractivity contribution in [3.05, 3.63) is 64.6 Å². The highest BCUT2D eigenvalue weighted by Gasteiger charge is 2.44. The van der Waals surface area contributed by atoms with Crippen LogP contribution in [0.5, 0.6) is 0 Å². The normalized spacial score (nSPS) is 26.5. The number of likely N-dealkylation sites (tertiary alicyclic amines) is 1. The highest BCUT2D eigenvalue weighted by Crippen LogP contribution is 2.42. The number of amides is 2. The zero-order valence-electron chi connectivity index (χ0n) is 25.2. The summed E-state index contributed by atoms with van der Waals surface area (Å²) >= 11 is 6.48. The Morgan fingerprint density at radius 3 is 2.56 bits per heavy atom. The second kappa shape index (κ2) is 13.5. The number of hydrogen-bond acceptors (Lipinski definition) is 6. The number of carboxylic acids is 1. The number of para-hydroxylation sites is 1. The molecule has 3 aromatic rings. The van der Waals surface area contributed by atoms with E-state index in [1.54, 1.807) is 31.4 Å². The summed E-state index contributed by atoms with van der Waals surface area (Å²) in [5.41, 5.74) is 1.11. The van der Waals surface area contributed by atoms with Crippen LogP contribution in [0.1, 0.15) is 60.9 Å². The maximum atomic E-state index is 15.4. The lowest BCUT2D eigenvalue weighted by atomic mass is 9.73. The maximum Gasteiger partial charge on any atom is 0.306 e. The van der Waals surface area contributed by atoms with Crippen LogP contribution >= 0.6 is 11.6 Å². The van der Waals surface area contributed by atoms with Crippen LogP contribution in [0.3, 0.4) is 0 Å². The molecule has 45 heavy (non-hydrogen) atoms. The summed E-state index contributed by atoms with van der Waals surface area (Å²) in [7, 11) is 1.72. The molecule has 0 spiro atoms. The Morgan fingerprint density at radius 2 is 1.82 bits per heavy atom. The number of halogens is 2. The number of benzene rings is 2. The van der Waals surface area contributed by atoms with Gasteiger partial charge in [0.1, 0.15) is 17.7 Å². The first-order chi connectivity index (χ1) is 21.7. The number of fused-ring (bicyclic) bond motifs is 1. The van der Waals surface area contributed by atoms with Crippen LogP contribution in [0.2, 0.25) is 5.02 Å². The van der Waals surface area contributed by atoms with E-state index in [0.29, 0.717) is 67.2 Å². The molecule has 6 rings (SSSR count). The molecular formula is C34H38ClFN2O7. The summed E-state index contributed by atoms with van der Waals surface area (Å²) in [6, 6.07) is 9.49. The zero-order chi connectivity index (χ0) is 31.7. The standard InChI is InChI=1S/C34H38ClFN2O7/c1-43-25-11-20(12-25)22-10-23(17-44-24-8-6-19(7-9-24)34(41)42)38(16-22)32(39)14-21-13-28(35)30(15-29(21)36)37-33(40)27-18-45-31-5-3-2-4-26(27)31/h2-5,13,15,18-20,22-25H,6-12,14,16-17H2,1H3,(H,37,40)(H,41,42)/t19-,20?,22-,23-,24-,25?/m0/s1. The molecule has 2 aliphatic carbocycles. The van der Waals surface area contributed by atoms with Gasteiger partial charge in [0.25, 0.3) is 5.91 Å². The second-order valence-electron chi connectivity index (χ2n) is 12.6. The van der Waals surface area contributed by atoms with Gasteiger partial charge in [-0.25, -0.2) is 4.39 Å². The molecule has 2 amide bonds. The van der Waals surface area contributed by atoms with Gasteiger partial charge >= 0.3 is 5.97 Å². The van der Waals surface area contributed by atoms with Crippen LogP contribution in [-0.4, -0.2) is 66.3 Å². The number of anilines is 1. The van der Waals surface area contributed by atoms with Crippen molar-refractivity contribution >= 4 is 46.0 Å². The SMILES string of the molecule is COC1CC([C@H]2C[C@@H](CO[C@H]3CC[C@H](C(=O)O)CC3)N(C(=O)Cc3cc(Cl)c(NC(=O)c4coc5ccccc45)cc3F)C2)C1. The fourth-order valence-corrected chi connectivity index (χ4v) is 7.33. The van der Waals surface area contributed by atoms with E-state index < -0.39 is 17.7 Å². The van der Waals surface area contributed by atoms with E-state index in [-0.39, 0.29) is 52.8 Å². The van der Waals surface area contributed by atoms with Gasteiger partial charge in [0, 0.05) is 19.0 Å². The third kappa shape index (κ3) is 6.88. The summed E-state index contributed by atoms with van der Waals surface area (Å²) in [4.78, 5) is 39.8. The number of ether oxygens (including phenoxy) is 2. The van der Waals surface area contributed by atoms with Gasteiger partial charge in [-0.1, -0.05) is 29.8 Å². The molecule has 2 saturated carbocycles. The van der Waals surface area contributed by atoms with Crippen molar-refractivity contribution in [1.29, 1.82) is 0 Å². The minimum atomic E-state index is -0.756. The van der Waals surface area contributed by atoms with Gasteiger partial charge in [-0.15, -0.1) is 0 Å². The fraction of sp³-hybridized carbons (Fsp3) is 0.500. The molecule has 9 nitrogen and oxygen atoms in total. The van der Waals surface area contributed by atoms with Crippen LogP contribution in [-0.2, 0) is 25.5 Å². The minimum Gasteiger partial charge on any atom is -0.481 e. The first kappa shape index (κ1) is 31.5. The first-order valence-corrected chi connectivity index (χ1v) is 16.0. The molecule has 1 aromatic heterocycles. The molecule has 3 aliphatic rings. The molecule has 1 saturated heterocycles. The number of carboxylic acid groups (broad SMARTS) is 1. The van der Waals surface area contributed by atoms with Gasteiger partial charge in [-0.2, -0.15) is 0 Å². The number of aliphatic carboxylic acids is 1. The number of nitrogens with one attached hydrogen (secondary N) is 1. The lowest BCUT2D eigenvalue weighted by molar-refractivity contribution is -0.144. The number of rotatable bonds is 10. The zero-order valence-corrected chi connectivity index (χ0v) is 25.9. The number of carbonyl (C=O) groups excluding carboxylic acids is 2. The molecule has 2 N–H and O–H groups in total. The Labute approximate surface area is 266 Å². The summed E-state index contributed by atoms with van der Waals surface area (Å²) in [6.07, 6.45) is 6.66. The highest BCUT2D eigenvalue weighted by atomic mass is 35.5. The highest BCUT2D eigenvalue weighted by molar-refractivity contribution is 6.34. The summed E-state index contributed by atoms with van der Waals surface area (Å²) in [6.45, 7) is 0.934. The van der Waals surface area contributed by atoms with E-state index >= 15 is 4.39 Å². The first-order valence-electron chi connectivity index (χ1n) is 15.6. The summed E-state index contributed by atoms with van der Waals surface area (Å²) < 4.78 is 32.5. The van der Waals surface area contributed by atoms with Gasteiger partial charge in [0.2, 0.25) is 5.91 Å². The predicted molar refractivity (Wildman–Crippen MR) is 166 cm³/mol. The number of carbonyl (C=O) groups is 3. The second-order valence-corrected chi connectivity index (χ2v) is 13.0. The van der Waals surface area contributed by atoms with Crippen molar-refractivity contribution in [3.8, 4) is 0 Å². The van der Waals surface area contributed by atoms with Gasteiger partial charge < -0.3 is 29.2 Å². The van der Waals surface area contributed by atoms with Crippen molar-refractivity contribution < 1.29 is 37.8 Å². The number of nitrogens with zero attached hydrogens (tertiary/aromatic N) is 1. The van der Waals surface area contributed by atoms with Crippen molar-refractivity contribution in [1.82, 2.24) is 4.90 Å². The molecule has 2 heterocycles. The average Bonchev–Trinajstić information content (AvgIpc) is 3.63. The third-order valence-corrected chi connectivity index (χ3v) is 10.2. The molecule has 2 aromatic carbocycles. The fourth-order valence-electron chi connectivity index (χ4n) is 7.09. The molecule has 0 bridgehead atoms. The maximum absolute atomic E-state index is 15.4.